The largest absolute Gasteiger partial charge is 0.496 e. The van der Waals surface area contributed by atoms with Gasteiger partial charge in [-0.05, 0) is 31.0 Å². The van der Waals surface area contributed by atoms with E-state index in [2.05, 4.69) is 15.6 Å². The van der Waals surface area contributed by atoms with Gasteiger partial charge in [-0.25, -0.2) is 4.98 Å². The summed E-state index contributed by atoms with van der Waals surface area (Å²) in [4.78, 5) is 16.8. The first kappa shape index (κ1) is 16.0. The fourth-order valence-electron chi connectivity index (χ4n) is 3.89. The minimum Gasteiger partial charge on any atom is -0.496 e. The molecule has 2 saturated heterocycles. The van der Waals surface area contributed by atoms with E-state index >= 15 is 0 Å². The molecule has 5 rings (SSSR count). The van der Waals surface area contributed by atoms with Gasteiger partial charge in [0.25, 0.3) is 5.91 Å². The van der Waals surface area contributed by atoms with E-state index in [4.69, 9.17) is 13.9 Å². The van der Waals surface area contributed by atoms with Crippen LogP contribution >= 0.6 is 0 Å². The number of hydrogen-bond acceptors (Lipinski definition) is 6. The summed E-state index contributed by atoms with van der Waals surface area (Å²) in [6.07, 6.45) is 2.50. The second kappa shape index (κ2) is 6.40. The zero-order valence-corrected chi connectivity index (χ0v) is 14.2. The maximum absolute atomic E-state index is 12.6. The van der Waals surface area contributed by atoms with Crippen molar-refractivity contribution >= 4 is 5.91 Å². The van der Waals surface area contributed by atoms with Crippen LogP contribution in [0.15, 0.2) is 29.0 Å². The zero-order chi connectivity index (χ0) is 17.4. The van der Waals surface area contributed by atoms with Gasteiger partial charge in [0.2, 0.25) is 0 Å². The summed E-state index contributed by atoms with van der Waals surface area (Å²) in [5, 5.41) is 6.34. The number of carbonyl (C=O) groups is 1. The summed E-state index contributed by atoms with van der Waals surface area (Å²) in [6.45, 7) is 1.27. The van der Waals surface area contributed by atoms with Crippen LogP contribution in [0.1, 0.15) is 34.2 Å². The van der Waals surface area contributed by atoms with Crippen LogP contribution in [0.4, 0.5) is 0 Å². The molecule has 3 atom stereocenters. The topological polar surface area (TPSA) is 85.6 Å². The third-order valence-corrected chi connectivity index (χ3v) is 5.21. The molecule has 1 amide bonds. The van der Waals surface area contributed by atoms with Gasteiger partial charge < -0.3 is 24.5 Å². The van der Waals surface area contributed by atoms with Crippen LogP contribution in [0.25, 0.3) is 0 Å². The SMILES string of the molecule is COc1cccc(OC)c1CNC(=O)c1ncoc1C1C2CNC1C2. The summed E-state index contributed by atoms with van der Waals surface area (Å²) in [5.74, 6) is 2.57. The summed E-state index contributed by atoms with van der Waals surface area (Å²) in [6, 6.07) is 5.92. The van der Waals surface area contributed by atoms with Gasteiger partial charge >= 0.3 is 0 Å². The predicted octanol–water partition coefficient (Wildman–Crippen LogP) is 1.70. The Bertz CT molecular complexity index is 752. The number of methoxy groups -OCH3 is 2. The standard InChI is InChI=1S/C18H21N3O4/c1-23-13-4-3-5-14(24-2)11(13)8-20-18(22)16-17(25-9-21-16)15-10-6-12(15)19-7-10/h3-5,9-10,12,15,19H,6-8H2,1-2H3,(H,20,22). The maximum atomic E-state index is 12.6. The molecule has 2 bridgehead atoms. The van der Waals surface area contributed by atoms with Crippen molar-refractivity contribution in [3.63, 3.8) is 0 Å². The van der Waals surface area contributed by atoms with E-state index in [0.717, 1.165) is 18.5 Å². The number of hydrogen-bond donors (Lipinski definition) is 2. The summed E-state index contributed by atoms with van der Waals surface area (Å²) >= 11 is 0. The Hall–Kier alpha value is -2.54. The molecule has 3 unspecified atom stereocenters. The minimum atomic E-state index is -0.247. The van der Waals surface area contributed by atoms with Crippen molar-refractivity contribution in [3.8, 4) is 11.5 Å². The van der Waals surface area contributed by atoms with Crippen molar-refractivity contribution in [2.24, 2.45) is 5.92 Å². The van der Waals surface area contributed by atoms with Crippen molar-refractivity contribution < 1.29 is 18.7 Å². The van der Waals surface area contributed by atoms with E-state index in [9.17, 15) is 4.79 Å². The van der Waals surface area contributed by atoms with Gasteiger partial charge in [-0.1, -0.05) is 6.07 Å². The molecule has 2 aliphatic heterocycles. The molecule has 1 saturated carbocycles. The van der Waals surface area contributed by atoms with Gasteiger partial charge in [0, 0.05) is 12.0 Å². The number of fused-ring (bicyclic) bond motifs is 1. The number of aromatic nitrogens is 1. The summed E-state index contributed by atoms with van der Waals surface area (Å²) < 4.78 is 16.3. The van der Waals surface area contributed by atoms with Gasteiger partial charge in [-0.3, -0.25) is 4.79 Å². The van der Waals surface area contributed by atoms with Crippen molar-refractivity contribution in [1.82, 2.24) is 15.6 Å². The third-order valence-electron chi connectivity index (χ3n) is 5.21. The average molecular weight is 343 g/mol. The first-order valence-electron chi connectivity index (χ1n) is 8.37. The van der Waals surface area contributed by atoms with Crippen LogP contribution in [-0.2, 0) is 6.54 Å². The number of oxazole rings is 1. The lowest BCUT2D eigenvalue weighted by Crippen LogP contribution is -2.36. The van der Waals surface area contributed by atoms with Crippen LogP contribution in [0.5, 0.6) is 11.5 Å². The van der Waals surface area contributed by atoms with E-state index in [1.165, 1.54) is 6.39 Å². The Morgan fingerprint density at radius 1 is 1.36 bits per heavy atom. The fraction of sp³-hybridized carbons (Fsp3) is 0.444. The number of benzene rings is 1. The van der Waals surface area contributed by atoms with Crippen LogP contribution < -0.4 is 20.1 Å². The highest BCUT2D eigenvalue weighted by Gasteiger charge is 2.50. The van der Waals surface area contributed by atoms with E-state index in [-0.39, 0.29) is 18.4 Å². The molecule has 1 aromatic heterocycles. The molecule has 1 aliphatic carbocycles. The highest BCUT2D eigenvalue weighted by Crippen LogP contribution is 2.47. The Morgan fingerprint density at radius 2 is 2.12 bits per heavy atom. The molecule has 3 heterocycles. The minimum absolute atomic E-state index is 0.247. The lowest BCUT2D eigenvalue weighted by atomic mass is 9.72. The van der Waals surface area contributed by atoms with Gasteiger partial charge in [-0.2, -0.15) is 0 Å². The van der Waals surface area contributed by atoms with Crippen LogP contribution in [0.3, 0.4) is 0 Å². The highest BCUT2D eigenvalue weighted by atomic mass is 16.5. The molecule has 3 aliphatic rings. The molecule has 2 N–H and O–H groups in total. The van der Waals surface area contributed by atoms with Crippen molar-refractivity contribution in [1.29, 1.82) is 0 Å². The van der Waals surface area contributed by atoms with Crippen LogP contribution in [-0.4, -0.2) is 37.7 Å². The van der Waals surface area contributed by atoms with E-state index < -0.39 is 0 Å². The Labute approximate surface area is 145 Å². The van der Waals surface area contributed by atoms with Crippen molar-refractivity contribution in [2.45, 2.75) is 24.9 Å². The van der Waals surface area contributed by atoms with Crippen LogP contribution in [0, 0.1) is 5.92 Å². The summed E-state index contributed by atoms with van der Waals surface area (Å²) in [5.41, 5.74) is 1.16. The molecule has 7 nitrogen and oxygen atoms in total. The van der Waals surface area contributed by atoms with E-state index in [1.54, 1.807) is 14.2 Å². The number of amides is 1. The Kier molecular flexibility index (Phi) is 4.09. The molecule has 1 aromatic carbocycles. The smallest absolute Gasteiger partial charge is 0.273 e. The second-order valence-electron chi connectivity index (χ2n) is 6.43. The lowest BCUT2D eigenvalue weighted by molar-refractivity contribution is 0.0941. The molecule has 2 aromatic rings. The molecule has 132 valence electrons. The molecular formula is C18H21N3O4. The zero-order valence-electron chi connectivity index (χ0n) is 14.2. The predicted molar refractivity (Wildman–Crippen MR) is 89.9 cm³/mol. The normalized spacial score (nSPS) is 23.8. The Morgan fingerprint density at radius 3 is 2.72 bits per heavy atom. The first-order chi connectivity index (χ1) is 12.2. The van der Waals surface area contributed by atoms with Crippen molar-refractivity contribution in [2.75, 3.05) is 20.8 Å². The van der Waals surface area contributed by atoms with Crippen molar-refractivity contribution in [3.05, 3.63) is 41.6 Å². The van der Waals surface area contributed by atoms with Crippen LogP contribution in [0.2, 0.25) is 0 Å². The third kappa shape index (κ3) is 2.64. The van der Waals surface area contributed by atoms with Gasteiger partial charge in [0.05, 0.1) is 26.3 Å². The second-order valence-corrected chi connectivity index (χ2v) is 6.43. The van der Waals surface area contributed by atoms with E-state index in [1.807, 2.05) is 18.2 Å². The number of rotatable bonds is 6. The number of nitrogens with zero attached hydrogens (tertiary/aromatic N) is 1. The van der Waals surface area contributed by atoms with Gasteiger partial charge in [-0.15, -0.1) is 0 Å². The molecule has 25 heavy (non-hydrogen) atoms. The molecule has 0 radical (unpaired) electrons. The Balaban J connectivity index is 1.50. The van der Waals surface area contributed by atoms with Gasteiger partial charge in [0.15, 0.2) is 12.1 Å². The number of ether oxygens (including phenoxy) is 2. The average Bonchev–Trinajstić information content (AvgIpc) is 3.36. The number of carbonyl (C=O) groups excluding carboxylic acids is 1. The molecule has 0 spiro atoms. The summed E-state index contributed by atoms with van der Waals surface area (Å²) in [7, 11) is 3.18. The van der Waals surface area contributed by atoms with E-state index in [0.29, 0.717) is 34.9 Å². The molecule has 7 heteroatoms. The monoisotopic (exact) mass is 343 g/mol. The quantitative estimate of drug-likeness (QED) is 0.830. The van der Waals surface area contributed by atoms with Gasteiger partial charge in [0.1, 0.15) is 17.3 Å². The first-order valence-corrected chi connectivity index (χ1v) is 8.37. The maximum Gasteiger partial charge on any atom is 0.273 e. The molecule has 3 fully saturated rings. The highest BCUT2D eigenvalue weighted by molar-refractivity contribution is 5.93. The molecular weight excluding hydrogens is 322 g/mol. The number of nitrogens with one attached hydrogen (secondary N) is 2. The fourth-order valence-corrected chi connectivity index (χ4v) is 3.89. The lowest BCUT2D eigenvalue weighted by Gasteiger charge is -2.32.